The molecule has 0 saturated carbocycles. The monoisotopic (exact) mass is 302 g/mol. The van der Waals surface area contributed by atoms with Crippen molar-refractivity contribution in [3.05, 3.63) is 30.3 Å². The zero-order valence-electron chi connectivity index (χ0n) is 11.3. The van der Waals surface area contributed by atoms with E-state index in [0.29, 0.717) is 19.8 Å². The Kier molecular flexibility index (Phi) is 5.67. The van der Waals surface area contributed by atoms with E-state index in [1.165, 1.54) is 4.46 Å². The van der Waals surface area contributed by atoms with Crippen LogP contribution in [-0.2, 0) is 9.47 Å². The zero-order valence-corrected chi connectivity index (χ0v) is 13.0. The predicted molar refractivity (Wildman–Crippen MR) is 72.8 cm³/mol. The van der Waals surface area contributed by atoms with Gasteiger partial charge in [-0.3, -0.25) is 0 Å². The van der Waals surface area contributed by atoms with E-state index in [1.54, 1.807) is 14.2 Å². The van der Waals surface area contributed by atoms with Crippen molar-refractivity contribution >= 4 is 19.4 Å². The number of benzene rings is 1. The Bertz CT molecular complexity index is 315. The molecule has 3 heteroatoms. The van der Waals surface area contributed by atoms with Crippen molar-refractivity contribution in [2.24, 2.45) is 5.41 Å². The number of rotatable bonds is 5. The fourth-order valence-electron chi connectivity index (χ4n) is 1.63. The van der Waals surface area contributed by atoms with Crippen LogP contribution in [0.2, 0.25) is 4.82 Å². The molecule has 0 aliphatic heterocycles. The van der Waals surface area contributed by atoms with Gasteiger partial charge in [-0.05, 0) is 0 Å². The maximum absolute atomic E-state index is 5.45. The summed E-state index contributed by atoms with van der Waals surface area (Å²) in [6.45, 7) is 6.73. The van der Waals surface area contributed by atoms with Crippen LogP contribution < -0.4 is 4.46 Å². The van der Waals surface area contributed by atoms with Crippen molar-refractivity contribution in [1.82, 2.24) is 0 Å². The molecule has 1 unspecified atom stereocenters. The summed E-state index contributed by atoms with van der Waals surface area (Å²) < 4.78 is 12.3. The summed E-state index contributed by atoms with van der Waals surface area (Å²) in [4.78, 5) is 0.396. The molecule has 0 bridgehead atoms. The first-order valence-corrected chi connectivity index (χ1v) is 7.61. The molecule has 96 valence electrons. The second kappa shape index (κ2) is 6.55. The number of ether oxygens (including phenoxy) is 2. The Morgan fingerprint density at radius 3 is 1.94 bits per heavy atom. The van der Waals surface area contributed by atoms with E-state index in [2.05, 4.69) is 51.1 Å². The van der Waals surface area contributed by atoms with Gasteiger partial charge in [-0.1, -0.05) is 0 Å². The molecule has 0 radical (unpaired) electrons. The number of hydrogen-bond donors (Lipinski definition) is 0. The van der Waals surface area contributed by atoms with Gasteiger partial charge in [0.05, 0.1) is 0 Å². The molecule has 1 rings (SSSR count). The Hall–Kier alpha value is -0.341. The van der Waals surface area contributed by atoms with Crippen molar-refractivity contribution in [3.63, 3.8) is 0 Å². The summed E-state index contributed by atoms with van der Waals surface area (Å²) in [5.41, 5.74) is 0.173. The van der Waals surface area contributed by atoms with E-state index in [4.69, 9.17) is 9.47 Å². The van der Waals surface area contributed by atoms with Crippen LogP contribution in [0.1, 0.15) is 20.8 Å². The van der Waals surface area contributed by atoms with Crippen LogP contribution in [0.3, 0.4) is 0 Å². The van der Waals surface area contributed by atoms with Gasteiger partial charge in [-0.25, -0.2) is 0 Å². The molecule has 1 aromatic rings. The Morgan fingerprint density at radius 1 is 1.00 bits per heavy atom. The first kappa shape index (κ1) is 14.7. The molecule has 0 saturated heterocycles. The van der Waals surface area contributed by atoms with Gasteiger partial charge >= 0.3 is 111 Å². The topological polar surface area (TPSA) is 18.5 Å². The summed E-state index contributed by atoms with van der Waals surface area (Å²) in [5, 5.41) is 0. The molecule has 17 heavy (non-hydrogen) atoms. The molecule has 1 atom stereocenters. The van der Waals surface area contributed by atoms with Crippen LogP contribution >= 0.6 is 0 Å². The van der Waals surface area contributed by atoms with Crippen LogP contribution in [-0.4, -0.2) is 35.5 Å². The van der Waals surface area contributed by atoms with E-state index < -0.39 is 0 Å². The standard InChI is InChI=1S/C14H22O2Se/c1-14(2,3)12(13(15-4)16-5)17-11-9-7-6-8-10-11/h6-10,12-13H,1-5H3. The van der Waals surface area contributed by atoms with Crippen molar-refractivity contribution in [2.45, 2.75) is 31.9 Å². The molecule has 0 aromatic heterocycles. The van der Waals surface area contributed by atoms with E-state index in [0.717, 1.165) is 0 Å². The molecule has 2 nitrogen and oxygen atoms in total. The van der Waals surface area contributed by atoms with Gasteiger partial charge in [0.1, 0.15) is 0 Å². The van der Waals surface area contributed by atoms with Crippen LogP contribution in [0.25, 0.3) is 0 Å². The Labute approximate surface area is 111 Å². The van der Waals surface area contributed by atoms with Crippen LogP contribution in [0.4, 0.5) is 0 Å². The second-order valence-corrected chi connectivity index (χ2v) is 7.61. The van der Waals surface area contributed by atoms with Crippen molar-refractivity contribution in [3.8, 4) is 0 Å². The molecule has 0 heterocycles. The van der Waals surface area contributed by atoms with Crippen molar-refractivity contribution in [2.75, 3.05) is 14.2 Å². The molecule has 0 fully saturated rings. The average molecular weight is 301 g/mol. The SMILES string of the molecule is COC(OC)C([Se]c1ccccc1)C(C)(C)C. The minimum absolute atomic E-state index is 0.129. The summed E-state index contributed by atoms with van der Waals surface area (Å²) in [6, 6.07) is 10.6. The summed E-state index contributed by atoms with van der Waals surface area (Å²) in [6.07, 6.45) is -0.129. The summed E-state index contributed by atoms with van der Waals surface area (Å²) >= 11 is 0.343. The molecular formula is C14H22O2Se. The van der Waals surface area contributed by atoms with Crippen LogP contribution in [0.5, 0.6) is 0 Å². The van der Waals surface area contributed by atoms with E-state index in [-0.39, 0.29) is 11.7 Å². The molecule has 0 aliphatic carbocycles. The molecule has 0 N–H and O–H groups in total. The normalized spacial score (nSPS) is 14.0. The molecule has 0 aliphatic rings. The third-order valence-corrected chi connectivity index (χ3v) is 6.20. The van der Waals surface area contributed by atoms with Gasteiger partial charge in [-0.15, -0.1) is 0 Å². The minimum atomic E-state index is -0.129. The van der Waals surface area contributed by atoms with Gasteiger partial charge in [0, 0.05) is 0 Å². The fourth-order valence-corrected chi connectivity index (χ4v) is 4.35. The Balaban J connectivity index is 2.85. The fraction of sp³-hybridized carbons (Fsp3) is 0.571. The van der Waals surface area contributed by atoms with Gasteiger partial charge in [0.2, 0.25) is 0 Å². The second-order valence-electron chi connectivity index (χ2n) is 5.06. The van der Waals surface area contributed by atoms with Crippen molar-refractivity contribution < 1.29 is 9.47 Å². The van der Waals surface area contributed by atoms with Gasteiger partial charge in [-0.2, -0.15) is 0 Å². The van der Waals surface area contributed by atoms with Crippen molar-refractivity contribution in [1.29, 1.82) is 0 Å². The van der Waals surface area contributed by atoms with Crippen LogP contribution in [0, 0.1) is 5.41 Å². The average Bonchev–Trinajstić information content (AvgIpc) is 2.29. The Morgan fingerprint density at radius 2 is 1.53 bits per heavy atom. The molecule has 0 spiro atoms. The zero-order chi connectivity index (χ0) is 12.9. The third-order valence-electron chi connectivity index (χ3n) is 2.57. The van der Waals surface area contributed by atoms with E-state index in [1.807, 2.05) is 0 Å². The van der Waals surface area contributed by atoms with Gasteiger partial charge in [0.15, 0.2) is 0 Å². The van der Waals surface area contributed by atoms with Crippen LogP contribution in [0.15, 0.2) is 30.3 Å². The first-order chi connectivity index (χ1) is 7.99. The molecular weight excluding hydrogens is 279 g/mol. The quantitative estimate of drug-likeness (QED) is 0.614. The summed E-state index contributed by atoms with van der Waals surface area (Å²) in [7, 11) is 3.43. The predicted octanol–water partition coefficient (Wildman–Crippen LogP) is 2.47. The van der Waals surface area contributed by atoms with Gasteiger partial charge < -0.3 is 0 Å². The molecule has 0 amide bonds. The number of methoxy groups -OCH3 is 2. The van der Waals surface area contributed by atoms with E-state index >= 15 is 0 Å². The van der Waals surface area contributed by atoms with E-state index in [9.17, 15) is 0 Å². The third kappa shape index (κ3) is 4.44. The first-order valence-electron chi connectivity index (χ1n) is 5.76. The molecule has 1 aromatic carbocycles. The summed E-state index contributed by atoms with van der Waals surface area (Å²) in [5.74, 6) is 0. The number of hydrogen-bond acceptors (Lipinski definition) is 2. The maximum atomic E-state index is 5.45. The van der Waals surface area contributed by atoms with Gasteiger partial charge in [0.25, 0.3) is 0 Å².